The second-order valence-corrected chi connectivity index (χ2v) is 25.7. The van der Waals surface area contributed by atoms with Crippen LogP contribution in [0.3, 0.4) is 0 Å². The number of aliphatic hydroxyl groups excluding tert-OH is 2. The van der Waals surface area contributed by atoms with Gasteiger partial charge < -0.3 is 62.5 Å². The predicted molar refractivity (Wildman–Crippen MR) is 356 cm³/mol. The maximum Gasteiger partial charge on any atom is 0.255 e. The van der Waals surface area contributed by atoms with E-state index in [4.69, 9.17) is 0 Å². The Kier molecular flexibility index (Phi) is 23.8. The van der Waals surface area contributed by atoms with Gasteiger partial charge in [-0.1, -0.05) is 142 Å². The van der Waals surface area contributed by atoms with Gasteiger partial charge in [0, 0.05) is 69.1 Å². The molecule has 4 aliphatic rings. The number of Topliss-reactive ketones (excluding diaryl/α,β-unsaturated/α-hetero) is 1. The highest BCUT2D eigenvalue weighted by atomic mass is 16.3. The molecule has 10 atom stereocenters. The highest BCUT2D eigenvalue weighted by molar-refractivity contribution is 6.01. The van der Waals surface area contributed by atoms with E-state index >= 15 is 4.79 Å². The first-order valence-corrected chi connectivity index (χ1v) is 33.6. The summed E-state index contributed by atoms with van der Waals surface area (Å²) in [6.07, 6.45) is 6.72. The summed E-state index contributed by atoms with van der Waals surface area (Å²) >= 11 is 0. The quantitative estimate of drug-likeness (QED) is 0.0217. The highest BCUT2D eigenvalue weighted by Gasteiger charge is 2.53. The van der Waals surface area contributed by atoms with Gasteiger partial charge in [-0.2, -0.15) is 0 Å². The van der Waals surface area contributed by atoms with Crippen LogP contribution in [-0.4, -0.2) is 149 Å². The van der Waals surface area contributed by atoms with Crippen LogP contribution in [-0.2, 0) is 49.4 Å². The number of rotatable bonds is 31. The van der Waals surface area contributed by atoms with E-state index in [0.717, 1.165) is 0 Å². The van der Waals surface area contributed by atoms with Crippen LogP contribution in [0.4, 0.5) is 11.4 Å². The first-order chi connectivity index (χ1) is 45.4. The van der Waals surface area contributed by atoms with Gasteiger partial charge in [0.15, 0.2) is 11.3 Å². The number of unbranched alkanes of at least 4 members (excludes halogenated alkanes) is 3. The number of aliphatic hydroxyl groups is 2. The summed E-state index contributed by atoms with van der Waals surface area (Å²) in [5.74, 6) is -4.88. The predicted octanol–water partition coefficient (Wildman–Crippen LogP) is 4.40. The van der Waals surface area contributed by atoms with Crippen molar-refractivity contribution in [1.82, 2.24) is 41.7 Å². The third-order valence-corrected chi connectivity index (χ3v) is 20.0. The van der Waals surface area contributed by atoms with Crippen molar-refractivity contribution < 1.29 is 48.6 Å². The van der Waals surface area contributed by atoms with Crippen LogP contribution in [0.2, 0.25) is 0 Å². The lowest BCUT2D eigenvalue weighted by Gasteiger charge is -2.38. The van der Waals surface area contributed by atoms with E-state index < -0.39 is 99.4 Å². The smallest absolute Gasteiger partial charge is 0.255 e. The van der Waals surface area contributed by atoms with Crippen molar-refractivity contribution in [3.05, 3.63) is 164 Å². The number of hydrogen-bond donors (Lipinski definition) is 10. The number of benzene rings is 4. The molecular formula is C72H92N10O12. The summed E-state index contributed by atoms with van der Waals surface area (Å²) in [6, 6.07) is 30.6. The lowest BCUT2D eigenvalue weighted by molar-refractivity contribution is -0.145. The molecule has 0 aromatic heterocycles. The summed E-state index contributed by atoms with van der Waals surface area (Å²) in [6.45, 7) is 5.45. The molecule has 9 rings (SSSR count). The Labute approximate surface area is 549 Å². The number of fused-ring (bicyclic) bond motifs is 2. The zero-order chi connectivity index (χ0) is 67.1. The normalized spacial score (nSPS) is 22.0. The molecule has 502 valence electrons. The van der Waals surface area contributed by atoms with Gasteiger partial charge in [-0.3, -0.25) is 47.9 Å². The monoisotopic (exact) mass is 1290 g/mol. The van der Waals surface area contributed by atoms with Crippen molar-refractivity contribution in [2.75, 3.05) is 50.5 Å². The molecule has 22 nitrogen and oxygen atoms in total. The standard InChI is InChI=1S/C72H92N10O12/c1-5-45(2)64(88)77-58-47(43-83)32-34-54-37-39-56(82(54)68(58)92)67(91)80-72(51-27-15-8-16-28-51,52-29-17-9-18-30-52)70(94)76-42-22-21-41-75-61-60(62(86)63(61)87)74-40-20-10-19-31-57(85)71(49-23-11-6-12-24-49,50-25-13-7-14-26-50)79-66(90)55-38-36-53-35-33-48(44-84)59(69(93)81(53)55)78-65(89)46(3)73-4/h6-9,11-18,23-30,45-48,53-56,58-59,73-75,83-84H,5,10,19-22,31-44H2,1-4H3,(H,76,94)(H,77,88)(H,78,89)(H,79,90)(H,80,91)/t45-,46+,47-,48-,53+,54+,55+,56+,58?,59+/m1/s1. The van der Waals surface area contributed by atoms with Gasteiger partial charge >= 0.3 is 0 Å². The van der Waals surface area contributed by atoms with Gasteiger partial charge in [-0.25, -0.2) is 0 Å². The minimum atomic E-state index is -1.75. The van der Waals surface area contributed by atoms with Crippen molar-refractivity contribution in [3.63, 3.8) is 0 Å². The molecule has 94 heavy (non-hydrogen) atoms. The van der Waals surface area contributed by atoms with Crippen LogP contribution in [0.5, 0.6) is 0 Å². The van der Waals surface area contributed by atoms with Crippen molar-refractivity contribution in [2.45, 2.75) is 170 Å². The lowest BCUT2D eigenvalue weighted by Crippen LogP contribution is -2.62. The number of hydrogen-bond acceptors (Lipinski definition) is 15. The molecule has 5 aromatic rings. The maximum atomic E-state index is 15.1. The second-order valence-electron chi connectivity index (χ2n) is 25.7. The highest BCUT2D eigenvalue weighted by Crippen LogP contribution is 2.40. The molecule has 0 radical (unpaired) electrons. The summed E-state index contributed by atoms with van der Waals surface area (Å²) in [5, 5.41) is 45.0. The fraction of sp³-hybridized carbons (Fsp3) is 0.500. The molecule has 0 aliphatic carbocycles. The molecule has 4 fully saturated rings. The average Bonchev–Trinajstić information content (AvgIpc) is 1.05. The average molecular weight is 1290 g/mol. The van der Waals surface area contributed by atoms with Crippen LogP contribution < -0.4 is 53.4 Å². The van der Waals surface area contributed by atoms with Gasteiger partial charge in [0.05, 0.1) is 6.04 Å². The fourth-order valence-corrected chi connectivity index (χ4v) is 14.2. The van der Waals surface area contributed by atoms with E-state index in [2.05, 4.69) is 42.5 Å². The summed E-state index contributed by atoms with van der Waals surface area (Å²) in [7, 11) is 1.63. The van der Waals surface area contributed by atoms with Crippen molar-refractivity contribution >= 4 is 58.5 Å². The van der Waals surface area contributed by atoms with E-state index in [0.29, 0.717) is 119 Å². The third kappa shape index (κ3) is 14.8. The number of nitrogens with one attached hydrogen (secondary N) is 8. The number of ketones is 1. The number of amides is 7. The molecule has 5 aromatic carbocycles. The molecular weight excluding hydrogens is 1200 g/mol. The molecule has 10 N–H and O–H groups in total. The van der Waals surface area contributed by atoms with Crippen LogP contribution in [0, 0.1) is 17.8 Å². The van der Waals surface area contributed by atoms with Gasteiger partial charge in [0.1, 0.15) is 41.1 Å². The lowest BCUT2D eigenvalue weighted by atomic mass is 9.77. The zero-order valence-electron chi connectivity index (χ0n) is 54.3. The number of carbonyl (C=O) groups excluding carboxylic acids is 8. The van der Waals surface area contributed by atoms with Gasteiger partial charge in [0.25, 0.3) is 16.8 Å². The van der Waals surface area contributed by atoms with Crippen molar-refractivity contribution in [2.24, 2.45) is 17.8 Å². The third-order valence-electron chi connectivity index (χ3n) is 20.0. The Morgan fingerprint density at radius 1 is 0.511 bits per heavy atom. The van der Waals surface area contributed by atoms with Crippen molar-refractivity contribution in [3.8, 4) is 0 Å². The minimum absolute atomic E-state index is 0.0500. The summed E-state index contributed by atoms with van der Waals surface area (Å²) in [4.78, 5) is 144. The second kappa shape index (κ2) is 32.0. The van der Waals surface area contributed by atoms with Gasteiger partial charge in [-0.15, -0.1) is 0 Å². The number of nitrogens with zero attached hydrogens (tertiary/aromatic N) is 2. The van der Waals surface area contributed by atoms with E-state index in [9.17, 15) is 53.4 Å². The largest absolute Gasteiger partial charge is 0.396 e. The van der Waals surface area contributed by atoms with Crippen LogP contribution in [0.25, 0.3) is 0 Å². The Morgan fingerprint density at radius 3 is 1.33 bits per heavy atom. The number of anilines is 2. The summed E-state index contributed by atoms with van der Waals surface area (Å²) in [5.41, 5.74) is -2.35. The van der Waals surface area contributed by atoms with Crippen LogP contribution >= 0.6 is 0 Å². The summed E-state index contributed by atoms with van der Waals surface area (Å²) < 4.78 is 0. The van der Waals surface area contributed by atoms with Crippen LogP contribution in [0.15, 0.2) is 131 Å². The fourth-order valence-electron chi connectivity index (χ4n) is 14.2. The topological polar surface area (TPSA) is 314 Å². The molecule has 0 bridgehead atoms. The maximum absolute atomic E-state index is 15.1. The first kappa shape index (κ1) is 69.7. The molecule has 4 saturated heterocycles. The molecule has 4 heterocycles. The molecule has 4 aliphatic heterocycles. The Hall–Kier alpha value is -8.60. The Bertz CT molecular complexity index is 3210. The van der Waals surface area contributed by atoms with Gasteiger partial charge in [-0.05, 0) is 120 Å². The SMILES string of the molecule is CC[C@@H](C)C(=O)NC1C(=O)N2[C@@H](CC[C@@H]1CO)CC[C@H]2C(=O)NC(C(=O)NCCCCNc1c(NCCCCCC(=O)C(NC(=O)[C@@H]2CC[C@@H]3CC[C@H](CO)[C@H](NC(=O)[C@H](C)NC)C(=O)N32)(c2ccccc2)c2ccccc2)c(=O)c1=O)(c1ccccc1)c1ccccc1. The minimum Gasteiger partial charge on any atom is -0.396 e. The van der Waals surface area contributed by atoms with Crippen LogP contribution in [0.1, 0.15) is 139 Å². The van der Waals surface area contributed by atoms with E-state index in [-0.39, 0.29) is 73.8 Å². The van der Waals surface area contributed by atoms with E-state index in [1.54, 1.807) is 128 Å². The number of carbonyl (C=O) groups is 8. The Morgan fingerprint density at radius 2 is 0.904 bits per heavy atom. The zero-order valence-corrected chi connectivity index (χ0v) is 54.3. The Balaban J connectivity index is 0.805. The first-order valence-electron chi connectivity index (χ1n) is 33.6. The molecule has 1 unspecified atom stereocenters. The van der Waals surface area contributed by atoms with Gasteiger partial charge in [0.2, 0.25) is 35.4 Å². The molecule has 0 spiro atoms. The number of likely N-dealkylation sites (N-methyl/N-ethyl adjacent to an activating group) is 1. The molecule has 7 amide bonds. The molecule has 0 saturated carbocycles. The van der Waals surface area contributed by atoms with E-state index in [1.165, 1.54) is 0 Å². The van der Waals surface area contributed by atoms with Crippen molar-refractivity contribution in [1.29, 1.82) is 0 Å². The van der Waals surface area contributed by atoms with E-state index in [1.807, 2.05) is 31.2 Å². The molecule has 22 heteroatoms.